The number of nitrogens with two attached hydrogens (primary N) is 1. The molecule has 0 aliphatic carbocycles. The van der Waals surface area contributed by atoms with Crippen molar-refractivity contribution in [3.63, 3.8) is 0 Å². The lowest BCUT2D eigenvalue weighted by molar-refractivity contribution is 0.543. The average Bonchev–Trinajstić information content (AvgIpc) is 2.28. The third kappa shape index (κ3) is 2.37. The van der Waals surface area contributed by atoms with Gasteiger partial charge in [-0.25, -0.2) is 8.78 Å². The summed E-state index contributed by atoms with van der Waals surface area (Å²) in [5.41, 5.74) is 7.28. The van der Waals surface area contributed by atoms with Crippen LogP contribution in [0.15, 0.2) is 36.4 Å². The Hall–Kier alpha value is -1.45. The molecular weight excluding hydrogens is 256 g/mol. The fourth-order valence-electron chi connectivity index (χ4n) is 1.95. The van der Waals surface area contributed by atoms with E-state index in [0.717, 1.165) is 5.56 Å². The van der Waals surface area contributed by atoms with Crippen molar-refractivity contribution in [2.75, 3.05) is 0 Å². The van der Waals surface area contributed by atoms with Gasteiger partial charge < -0.3 is 5.73 Å². The first-order chi connectivity index (χ1) is 8.50. The molecule has 2 rings (SSSR count). The summed E-state index contributed by atoms with van der Waals surface area (Å²) in [6.45, 7) is 1.81. The maximum atomic E-state index is 13.7. The predicted molar refractivity (Wildman–Crippen MR) is 68.6 cm³/mol. The molecule has 94 valence electrons. The van der Waals surface area contributed by atoms with E-state index in [-0.39, 0.29) is 5.56 Å². The Morgan fingerprint density at radius 3 is 2.28 bits per heavy atom. The van der Waals surface area contributed by atoms with Crippen LogP contribution in [0.1, 0.15) is 22.7 Å². The molecule has 0 aliphatic rings. The smallest absolute Gasteiger partial charge is 0.131 e. The summed E-state index contributed by atoms with van der Waals surface area (Å²) >= 11 is 5.84. The molecule has 0 aromatic heterocycles. The van der Waals surface area contributed by atoms with Gasteiger partial charge in [0.25, 0.3) is 0 Å². The van der Waals surface area contributed by atoms with E-state index in [1.165, 1.54) is 18.2 Å². The molecule has 0 fully saturated rings. The van der Waals surface area contributed by atoms with Crippen molar-refractivity contribution in [1.29, 1.82) is 0 Å². The predicted octanol–water partition coefficient (Wildman–Crippen LogP) is 3.97. The van der Waals surface area contributed by atoms with Crippen LogP contribution in [-0.2, 0) is 0 Å². The first-order valence-corrected chi connectivity index (χ1v) is 5.84. The lowest BCUT2D eigenvalue weighted by atomic mass is 9.95. The van der Waals surface area contributed by atoms with Gasteiger partial charge >= 0.3 is 0 Å². The highest BCUT2D eigenvalue weighted by molar-refractivity contribution is 6.30. The Morgan fingerprint density at radius 1 is 1.11 bits per heavy atom. The van der Waals surface area contributed by atoms with E-state index >= 15 is 0 Å². The molecule has 0 aliphatic heterocycles. The standard InChI is InChI=1S/C14H12ClF2N/c1-8-7-9(15)5-6-10(8)14(18)13-11(16)3-2-4-12(13)17/h2-7,14H,18H2,1H3. The molecule has 0 saturated heterocycles. The van der Waals surface area contributed by atoms with Crippen molar-refractivity contribution in [2.24, 2.45) is 5.73 Å². The van der Waals surface area contributed by atoms with Crippen molar-refractivity contribution >= 4 is 11.6 Å². The number of hydrogen-bond acceptors (Lipinski definition) is 1. The molecule has 0 heterocycles. The third-order valence-corrected chi connectivity index (χ3v) is 3.11. The van der Waals surface area contributed by atoms with Crippen molar-refractivity contribution in [1.82, 2.24) is 0 Å². The maximum absolute atomic E-state index is 13.7. The minimum atomic E-state index is -0.844. The Bertz CT molecular complexity index is 564. The minimum Gasteiger partial charge on any atom is -0.320 e. The zero-order valence-electron chi connectivity index (χ0n) is 9.75. The zero-order chi connectivity index (χ0) is 13.3. The van der Waals surface area contributed by atoms with Gasteiger partial charge in [0.05, 0.1) is 6.04 Å². The molecule has 0 spiro atoms. The van der Waals surface area contributed by atoms with Crippen LogP contribution in [0.2, 0.25) is 5.02 Å². The second kappa shape index (κ2) is 5.04. The molecule has 18 heavy (non-hydrogen) atoms. The summed E-state index contributed by atoms with van der Waals surface area (Å²) in [7, 11) is 0. The molecule has 1 atom stereocenters. The Balaban J connectivity index is 2.51. The molecule has 2 aromatic carbocycles. The van der Waals surface area contributed by atoms with Crippen LogP contribution in [0, 0.1) is 18.6 Å². The molecule has 0 bridgehead atoms. The number of hydrogen-bond donors (Lipinski definition) is 1. The first-order valence-electron chi connectivity index (χ1n) is 5.46. The SMILES string of the molecule is Cc1cc(Cl)ccc1C(N)c1c(F)cccc1F. The molecule has 0 amide bonds. The minimum absolute atomic E-state index is 0.122. The lowest BCUT2D eigenvalue weighted by Crippen LogP contribution is -2.16. The fraction of sp³-hybridized carbons (Fsp3) is 0.143. The van der Waals surface area contributed by atoms with Crippen LogP contribution in [0.3, 0.4) is 0 Å². The number of aryl methyl sites for hydroxylation is 1. The fourth-order valence-corrected chi connectivity index (χ4v) is 2.18. The van der Waals surface area contributed by atoms with Crippen LogP contribution in [0.4, 0.5) is 8.78 Å². The Kier molecular flexibility index (Phi) is 3.64. The van der Waals surface area contributed by atoms with Crippen molar-refractivity contribution in [3.05, 3.63) is 69.7 Å². The van der Waals surface area contributed by atoms with Gasteiger partial charge in [0, 0.05) is 10.6 Å². The van der Waals surface area contributed by atoms with E-state index < -0.39 is 17.7 Å². The van der Waals surface area contributed by atoms with Gasteiger partial charge in [-0.1, -0.05) is 23.7 Å². The third-order valence-electron chi connectivity index (χ3n) is 2.88. The van der Waals surface area contributed by atoms with E-state index in [0.29, 0.717) is 10.6 Å². The first kappa shape index (κ1) is 13.0. The second-order valence-electron chi connectivity index (χ2n) is 4.11. The largest absolute Gasteiger partial charge is 0.320 e. The molecule has 1 nitrogen and oxygen atoms in total. The Labute approximate surface area is 109 Å². The highest BCUT2D eigenvalue weighted by Crippen LogP contribution is 2.28. The zero-order valence-corrected chi connectivity index (χ0v) is 10.5. The van der Waals surface area contributed by atoms with Gasteiger partial charge in [-0.15, -0.1) is 0 Å². The summed E-state index contributed by atoms with van der Waals surface area (Å²) in [6.07, 6.45) is 0. The van der Waals surface area contributed by atoms with Gasteiger partial charge in [0.15, 0.2) is 0 Å². The molecule has 2 aromatic rings. The van der Waals surface area contributed by atoms with E-state index in [2.05, 4.69) is 0 Å². The van der Waals surface area contributed by atoms with Gasteiger partial charge in [0.1, 0.15) is 11.6 Å². The van der Waals surface area contributed by atoms with Gasteiger partial charge in [-0.2, -0.15) is 0 Å². The number of halogens is 3. The van der Waals surface area contributed by atoms with Crippen LogP contribution in [0.5, 0.6) is 0 Å². The van der Waals surface area contributed by atoms with E-state index in [1.54, 1.807) is 25.1 Å². The summed E-state index contributed by atoms with van der Waals surface area (Å²) in [5.74, 6) is -1.28. The summed E-state index contributed by atoms with van der Waals surface area (Å²) in [4.78, 5) is 0. The van der Waals surface area contributed by atoms with Crippen molar-refractivity contribution in [3.8, 4) is 0 Å². The second-order valence-corrected chi connectivity index (χ2v) is 4.55. The molecule has 4 heteroatoms. The van der Waals surface area contributed by atoms with Crippen LogP contribution < -0.4 is 5.73 Å². The van der Waals surface area contributed by atoms with Crippen molar-refractivity contribution < 1.29 is 8.78 Å². The summed E-state index contributed by atoms with van der Waals surface area (Å²) in [5, 5.41) is 0.567. The van der Waals surface area contributed by atoms with Gasteiger partial charge in [-0.3, -0.25) is 0 Å². The Morgan fingerprint density at radius 2 is 1.72 bits per heavy atom. The lowest BCUT2D eigenvalue weighted by Gasteiger charge is -2.16. The molecule has 0 radical (unpaired) electrons. The topological polar surface area (TPSA) is 26.0 Å². The average molecular weight is 268 g/mol. The van der Waals surface area contributed by atoms with E-state index in [9.17, 15) is 8.78 Å². The van der Waals surface area contributed by atoms with Crippen LogP contribution >= 0.6 is 11.6 Å². The van der Waals surface area contributed by atoms with E-state index in [1.807, 2.05) is 0 Å². The normalized spacial score (nSPS) is 12.5. The quantitative estimate of drug-likeness (QED) is 0.875. The van der Waals surface area contributed by atoms with Gasteiger partial charge in [0.2, 0.25) is 0 Å². The molecule has 0 saturated carbocycles. The molecular formula is C14H12ClF2N. The highest BCUT2D eigenvalue weighted by atomic mass is 35.5. The van der Waals surface area contributed by atoms with Crippen LogP contribution in [-0.4, -0.2) is 0 Å². The summed E-state index contributed by atoms with van der Waals surface area (Å²) < 4.78 is 27.3. The number of rotatable bonds is 2. The van der Waals surface area contributed by atoms with E-state index in [4.69, 9.17) is 17.3 Å². The summed E-state index contributed by atoms with van der Waals surface area (Å²) in [6, 6.07) is 7.93. The van der Waals surface area contributed by atoms with Crippen LogP contribution in [0.25, 0.3) is 0 Å². The molecule has 2 N–H and O–H groups in total. The maximum Gasteiger partial charge on any atom is 0.131 e. The highest BCUT2D eigenvalue weighted by Gasteiger charge is 2.19. The molecule has 1 unspecified atom stereocenters. The van der Waals surface area contributed by atoms with Crippen molar-refractivity contribution in [2.45, 2.75) is 13.0 Å². The van der Waals surface area contributed by atoms with Gasteiger partial charge in [-0.05, 0) is 42.3 Å². The number of benzene rings is 2. The monoisotopic (exact) mass is 267 g/mol.